The molecule has 2 aliphatic rings. The van der Waals surface area contributed by atoms with Crippen molar-refractivity contribution in [3.8, 4) is 0 Å². The highest BCUT2D eigenvalue weighted by molar-refractivity contribution is 5.33. The van der Waals surface area contributed by atoms with Gasteiger partial charge in [0, 0.05) is 37.4 Å². The first-order valence-corrected chi connectivity index (χ1v) is 6.96. The van der Waals surface area contributed by atoms with Crippen LogP contribution in [0, 0.1) is 5.41 Å². The molecule has 0 saturated carbocycles. The maximum absolute atomic E-state index is 4.53. The number of hydrogen-bond donors (Lipinski definition) is 1. The average Bonchev–Trinajstić information content (AvgIpc) is 3.01. The largest absolute Gasteiger partial charge is 0.340 e. The zero-order valence-electron chi connectivity index (χ0n) is 11.3. The Hall–Kier alpha value is -1.16. The maximum Gasteiger partial charge on any atom is 0.225 e. The van der Waals surface area contributed by atoms with Gasteiger partial charge in [-0.2, -0.15) is 0 Å². The van der Waals surface area contributed by atoms with Crippen LogP contribution in [0.25, 0.3) is 0 Å². The van der Waals surface area contributed by atoms with E-state index in [4.69, 9.17) is 0 Å². The highest BCUT2D eigenvalue weighted by Gasteiger charge is 2.40. The molecule has 1 unspecified atom stereocenters. The third-order valence-corrected chi connectivity index (χ3v) is 4.38. The summed E-state index contributed by atoms with van der Waals surface area (Å²) < 4.78 is 0. The number of nitrogens with one attached hydrogen (secondary N) is 1. The van der Waals surface area contributed by atoms with Gasteiger partial charge in [-0.3, -0.25) is 0 Å². The molecule has 0 amide bonds. The standard InChI is InChI=1S/C14H22N4/c1-11(2)12-7-16-13(17-8-12)18-6-4-14(10-18)3-5-15-9-14/h7-8,11,15H,3-6,9-10H2,1-2H3. The monoisotopic (exact) mass is 246 g/mol. The second-order valence-electron chi connectivity index (χ2n) is 6.07. The van der Waals surface area contributed by atoms with Gasteiger partial charge in [-0.25, -0.2) is 9.97 Å². The van der Waals surface area contributed by atoms with E-state index in [-0.39, 0.29) is 0 Å². The summed E-state index contributed by atoms with van der Waals surface area (Å²) in [6.07, 6.45) is 6.53. The highest BCUT2D eigenvalue weighted by atomic mass is 15.3. The second-order valence-corrected chi connectivity index (χ2v) is 6.07. The van der Waals surface area contributed by atoms with Crippen LogP contribution in [-0.2, 0) is 0 Å². The van der Waals surface area contributed by atoms with Gasteiger partial charge in [0.1, 0.15) is 0 Å². The van der Waals surface area contributed by atoms with Gasteiger partial charge in [-0.15, -0.1) is 0 Å². The summed E-state index contributed by atoms with van der Waals surface area (Å²) in [6, 6.07) is 0. The lowest BCUT2D eigenvalue weighted by atomic mass is 9.87. The molecule has 1 N–H and O–H groups in total. The summed E-state index contributed by atoms with van der Waals surface area (Å²) in [6.45, 7) is 8.89. The third kappa shape index (κ3) is 2.09. The fraction of sp³-hybridized carbons (Fsp3) is 0.714. The Morgan fingerprint density at radius 3 is 2.67 bits per heavy atom. The smallest absolute Gasteiger partial charge is 0.225 e. The van der Waals surface area contributed by atoms with Crippen LogP contribution in [0.5, 0.6) is 0 Å². The Morgan fingerprint density at radius 1 is 1.28 bits per heavy atom. The van der Waals surface area contributed by atoms with Gasteiger partial charge >= 0.3 is 0 Å². The molecule has 1 spiro atoms. The number of nitrogens with zero attached hydrogens (tertiary/aromatic N) is 3. The quantitative estimate of drug-likeness (QED) is 0.864. The van der Waals surface area contributed by atoms with Gasteiger partial charge in [-0.1, -0.05) is 13.8 Å². The van der Waals surface area contributed by atoms with Crippen molar-refractivity contribution in [2.75, 3.05) is 31.1 Å². The lowest BCUT2D eigenvalue weighted by Crippen LogP contribution is -2.29. The molecule has 1 atom stereocenters. The number of hydrogen-bond acceptors (Lipinski definition) is 4. The van der Waals surface area contributed by atoms with E-state index in [1.807, 2.05) is 12.4 Å². The van der Waals surface area contributed by atoms with E-state index < -0.39 is 0 Å². The lowest BCUT2D eigenvalue weighted by Gasteiger charge is -2.22. The van der Waals surface area contributed by atoms with Crippen molar-refractivity contribution in [1.82, 2.24) is 15.3 Å². The van der Waals surface area contributed by atoms with Gasteiger partial charge in [-0.05, 0) is 30.9 Å². The fourth-order valence-corrected chi connectivity index (χ4v) is 3.04. The Morgan fingerprint density at radius 2 is 2.06 bits per heavy atom. The molecule has 1 aromatic rings. The van der Waals surface area contributed by atoms with E-state index in [9.17, 15) is 0 Å². The lowest BCUT2D eigenvalue weighted by molar-refractivity contribution is 0.369. The van der Waals surface area contributed by atoms with Gasteiger partial charge in [0.15, 0.2) is 0 Å². The molecule has 4 heteroatoms. The summed E-state index contributed by atoms with van der Waals surface area (Å²) in [7, 11) is 0. The topological polar surface area (TPSA) is 41.1 Å². The molecule has 1 aromatic heterocycles. The fourth-order valence-electron chi connectivity index (χ4n) is 3.04. The summed E-state index contributed by atoms with van der Waals surface area (Å²) in [5.74, 6) is 1.41. The van der Waals surface area contributed by atoms with Gasteiger partial charge in [0.05, 0.1) is 0 Å². The zero-order valence-corrected chi connectivity index (χ0v) is 11.3. The summed E-state index contributed by atoms with van der Waals surface area (Å²) in [4.78, 5) is 11.4. The molecular weight excluding hydrogens is 224 g/mol. The molecule has 2 saturated heterocycles. The summed E-state index contributed by atoms with van der Waals surface area (Å²) in [5, 5.41) is 3.48. The molecule has 98 valence electrons. The minimum atomic E-state index is 0.486. The number of anilines is 1. The van der Waals surface area contributed by atoms with E-state index in [2.05, 4.69) is 34.0 Å². The Bertz CT molecular complexity index is 406. The molecule has 2 fully saturated rings. The minimum Gasteiger partial charge on any atom is -0.340 e. The van der Waals surface area contributed by atoms with Crippen LogP contribution in [0.3, 0.4) is 0 Å². The van der Waals surface area contributed by atoms with Crippen LogP contribution in [0.1, 0.15) is 38.2 Å². The van der Waals surface area contributed by atoms with E-state index in [1.54, 1.807) is 0 Å². The predicted octanol–water partition coefficient (Wildman–Crippen LogP) is 1.79. The van der Waals surface area contributed by atoms with Crippen molar-refractivity contribution in [3.05, 3.63) is 18.0 Å². The molecule has 4 nitrogen and oxygen atoms in total. The molecular formula is C14H22N4. The van der Waals surface area contributed by atoms with Crippen LogP contribution in [0.15, 0.2) is 12.4 Å². The molecule has 0 bridgehead atoms. The maximum atomic E-state index is 4.53. The van der Waals surface area contributed by atoms with Crippen molar-refractivity contribution in [3.63, 3.8) is 0 Å². The van der Waals surface area contributed by atoms with Gasteiger partial charge < -0.3 is 10.2 Å². The first-order valence-electron chi connectivity index (χ1n) is 6.96. The van der Waals surface area contributed by atoms with Gasteiger partial charge in [0.2, 0.25) is 5.95 Å². The predicted molar refractivity (Wildman–Crippen MR) is 72.9 cm³/mol. The summed E-state index contributed by atoms with van der Waals surface area (Å²) >= 11 is 0. The Balaban J connectivity index is 1.72. The van der Waals surface area contributed by atoms with E-state index in [0.29, 0.717) is 11.3 Å². The van der Waals surface area contributed by atoms with Crippen LogP contribution < -0.4 is 10.2 Å². The average molecular weight is 246 g/mol. The molecule has 3 heterocycles. The van der Waals surface area contributed by atoms with Crippen molar-refractivity contribution in [2.24, 2.45) is 5.41 Å². The molecule has 0 aliphatic carbocycles. The van der Waals surface area contributed by atoms with Crippen molar-refractivity contribution < 1.29 is 0 Å². The molecule has 2 aliphatic heterocycles. The van der Waals surface area contributed by atoms with E-state index in [0.717, 1.165) is 25.6 Å². The normalized spacial score (nSPS) is 27.6. The van der Waals surface area contributed by atoms with Crippen LogP contribution in [0.4, 0.5) is 5.95 Å². The third-order valence-electron chi connectivity index (χ3n) is 4.38. The molecule has 3 rings (SSSR count). The SMILES string of the molecule is CC(C)c1cnc(N2CCC3(CCNC3)C2)nc1. The first kappa shape index (κ1) is 11.9. The number of rotatable bonds is 2. The zero-order chi connectivity index (χ0) is 12.6. The Labute approximate surface area is 109 Å². The number of aromatic nitrogens is 2. The van der Waals surface area contributed by atoms with E-state index >= 15 is 0 Å². The minimum absolute atomic E-state index is 0.486. The first-order chi connectivity index (χ1) is 8.69. The molecule has 18 heavy (non-hydrogen) atoms. The van der Waals surface area contributed by atoms with Crippen molar-refractivity contribution in [2.45, 2.75) is 32.6 Å². The van der Waals surface area contributed by atoms with E-state index in [1.165, 1.54) is 24.9 Å². The van der Waals surface area contributed by atoms with Crippen molar-refractivity contribution >= 4 is 5.95 Å². The highest BCUT2D eigenvalue weighted by Crippen LogP contribution is 2.37. The van der Waals surface area contributed by atoms with Crippen LogP contribution in [0.2, 0.25) is 0 Å². The molecule has 0 aromatic carbocycles. The summed E-state index contributed by atoms with van der Waals surface area (Å²) in [5.41, 5.74) is 1.70. The van der Waals surface area contributed by atoms with Crippen molar-refractivity contribution in [1.29, 1.82) is 0 Å². The second kappa shape index (κ2) is 4.50. The molecule has 0 radical (unpaired) electrons. The van der Waals surface area contributed by atoms with Gasteiger partial charge in [0.25, 0.3) is 0 Å². The Kier molecular flexibility index (Phi) is 2.98. The van der Waals surface area contributed by atoms with Crippen LogP contribution >= 0.6 is 0 Å². The van der Waals surface area contributed by atoms with Crippen LogP contribution in [-0.4, -0.2) is 36.1 Å².